The lowest BCUT2D eigenvalue weighted by atomic mass is 10.3. The first-order valence-corrected chi connectivity index (χ1v) is 6.87. The molecule has 0 radical (unpaired) electrons. The maximum Gasteiger partial charge on any atom is 0.169 e. The van der Waals surface area contributed by atoms with E-state index in [1.165, 1.54) is 4.88 Å². The molecule has 0 aliphatic rings. The highest BCUT2D eigenvalue weighted by molar-refractivity contribution is 7.80. The van der Waals surface area contributed by atoms with Gasteiger partial charge in [0, 0.05) is 18.0 Å². The van der Waals surface area contributed by atoms with Crippen molar-refractivity contribution < 1.29 is 4.52 Å². The molecule has 0 aliphatic heterocycles. The Morgan fingerprint density at radius 1 is 1.61 bits per heavy atom. The molecular weight excluding hydrogens is 266 g/mol. The van der Waals surface area contributed by atoms with Crippen LogP contribution in [0.15, 0.2) is 28.1 Å². The molecule has 0 atom stereocenters. The van der Waals surface area contributed by atoms with Crippen LogP contribution in [0.2, 0.25) is 0 Å². The second-order valence-corrected chi connectivity index (χ2v) is 5.44. The highest BCUT2D eigenvalue weighted by atomic mass is 32.1. The average molecular weight is 281 g/mol. The molecule has 0 spiro atoms. The minimum atomic E-state index is 0.646. The number of aryl methyl sites for hydroxylation is 1. The van der Waals surface area contributed by atoms with E-state index in [0.29, 0.717) is 11.7 Å². The number of hydrogen-bond acceptors (Lipinski definition) is 4. The molecule has 0 aromatic carbocycles. The second-order valence-electron chi connectivity index (χ2n) is 4.02. The summed E-state index contributed by atoms with van der Waals surface area (Å²) in [7, 11) is 1.94. The van der Waals surface area contributed by atoms with Gasteiger partial charge in [0.25, 0.3) is 0 Å². The molecule has 2 aromatic heterocycles. The van der Waals surface area contributed by atoms with Crippen molar-refractivity contribution in [3.05, 3.63) is 39.9 Å². The van der Waals surface area contributed by atoms with Gasteiger partial charge in [-0.1, -0.05) is 11.2 Å². The van der Waals surface area contributed by atoms with Gasteiger partial charge in [-0.25, -0.2) is 0 Å². The summed E-state index contributed by atoms with van der Waals surface area (Å²) >= 11 is 7.03. The smallest absolute Gasteiger partial charge is 0.169 e. The summed E-state index contributed by atoms with van der Waals surface area (Å²) < 4.78 is 5.03. The summed E-state index contributed by atoms with van der Waals surface area (Å²) in [5.41, 5.74) is 0.885. The second kappa shape index (κ2) is 5.97. The first-order chi connectivity index (χ1) is 8.65. The fourth-order valence-corrected chi connectivity index (χ4v) is 2.30. The van der Waals surface area contributed by atoms with Gasteiger partial charge in [-0.3, -0.25) is 0 Å². The molecule has 0 bridgehead atoms. The molecule has 18 heavy (non-hydrogen) atoms. The third-order valence-corrected chi connectivity index (χ3v) is 3.75. The average Bonchev–Trinajstić information content (AvgIpc) is 2.97. The summed E-state index contributed by atoms with van der Waals surface area (Å²) in [4.78, 5) is 3.21. The van der Waals surface area contributed by atoms with Crippen LogP contribution in [-0.4, -0.2) is 22.2 Å². The Labute approximate surface area is 116 Å². The molecule has 2 aromatic rings. The first-order valence-electron chi connectivity index (χ1n) is 5.58. The molecule has 1 N–H and O–H groups in total. The van der Waals surface area contributed by atoms with Crippen LogP contribution in [0.5, 0.6) is 0 Å². The highest BCUT2D eigenvalue weighted by Gasteiger charge is 2.08. The Hall–Kier alpha value is -1.40. The Balaban J connectivity index is 1.81. The van der Waals surface area contributed by atoms with Gasteiger partial charge in [0.1, 0.15) is 11.5 Å². The van der Waals surface area contributed by atoms with E-state index in [9.17, 15) is 0 Å². The third-order valence-electron chi connectivity index (χ3n) is 2.42. The Kier molecular flexibility index (Phi) is 4.33. The van der Waals surface area contributed by atoms with Gasteiger partial charge >= 0.3 is 0 Å². The molecule has 0 unspecified atom stereocenters. The lowest BCUT2D eigenvalue weighted by Crippen LogP contribution is -2.36. The minimum Gasteiger partial charge on any atom is -0.361 e. The summed E-state index contributed by atoms with van der Waals surface area (Å²) in [5, 5.41) is 9.94. The van der Waals surface area contributed by atoms with Crippen LogP contribution in [0.4, 0.5) is 0 Å². The predicted molar refractivity (Wildman–Crippen MR) is 76.5 cm³/mol. The lowest BCUT2D eigenvalue weighted by molar-refractivity contribution is 0.377. The van der Waals surface area contributed by atoms with Gasteiger partial charge in [-0.15, -0.1) is 11.3 Å². The van der Waals surface area contributed by atoms with Gasteiger partial charge in [0.2, 0.25) is 0 Å². The maximum atomic E-state index is 5.32. The van der Waals surface area contributed by atoms with Gasteiger partial charge < -0.3 is 14.7 Å². The Bertz CT molecular complexity index is 507. The molecule has 2 rings (SSSR count). The number of aromatic nitrogens is 1. The summed E-state index contributed by atoms with van der Waals surface area (Å²) in [6, 6.07) is 6.03. The molecule has 4 nitrogen and oxygen atoms in total. The minimum absolute atomic E-state index is 0.646. The van der Waals surface area contributed by atoms with Crippen molar-refractivity contribution in [1.82, 2.24) is 15.4 Å². The van der Waals surface area contributed by atoms with E-state index in [1.54, 1.807) is 11.3 Å². The van der Waals surface area contributed by atoms with Crippen molar-refractivity contribution in [3.8, 4) is 0 Å². The summed E-state index contributed by atoms with van der Waals surface area (Å²) in [6.07, 6.45) is 0. The normalized spacial score (nSPS) is 10.3. The van der Waals surface area contributed by atoms with Crippen LogP contribution in [0, 0.1) is 6.92 Å². The Morgan fingerprint density at radius 2 is 2.44 bits per heavy atom. The molecule has 0 saturated carbocycles. The van der Waals surface area contributed by atoms with Crippen LogP contribution >= 0.6 is 23.6 Å². The molecular formula is C12H15N3OS2. The van der Waals surface area contributed by atoms with Crippen LogP contribution in [0.1, 0.15) is 16.3 Å². The van der Waals surface area contributed by atoms with Crippen molar-refractivity contribution in [2.75, 3.05) is 7.05 Å². The van der Waals surface area contributed by atoms with E-state index < -0.39 is 0 Å². The number of thiophene rings is 1. The van der Waals surface area contributed by atoms with Gasteiger partial charge in [-0.05, 0) is 30.6 Å². The van der Waals surface area contributed by atoms with E-state index >= 15 is 0 Å². The number of hydrogen-bond donors (Lipinski definition) is 1. The van der Waals surface area contributed by atoms with E-state index in [1.807, 2.05) is 31.0 Å². The maximum absolute atomic E-state index is 5.32. The lowest BCUT2D eigenvalue weighted by Gasteiger charge is -2.19. The van der Waals surface area contributed by atoms with Gasteiger partial charge in [-0.2, -0.15) is 0 Å². The third kappa shape index (κ3) is 3.54. The molecule has 0 saturated heterocycles. The van der Waals surface area contributed by atoms with Crippen LogP contribution < -0.4 is 5.32 Å². The monoisotopic (exact) mass is 281 g/mol. The SMILES string of the molecule is Cc1cc(CN(C)C(=S)NCc2cccs2)no1. The standard InChI is InChI=1S/C12H15N3OS2/c1-9-6-10(14-16-9)8-15(2)12(17)13-7-11-4-3-5-18-11/h3-6H,7-8H2,1-2H3,(H,13,17). The van der Waals surface area contributed by atoms with Crippen molar-refractivity contribution in [3.63, 3.8) is 0 Å². The van der Waals surface area contributed by atoms with Crippen LogP contribution in [-0.2, 0) is 13.1 Å². The predicted octanol–water partition coefficient (Wildman–Crippen LogP) is 2.55. The molecule has 6 heteroatoms. The molecule has 0 fully saturated rings. The van der Waals surface area contributed by atoms with Crippen molar-refractivity contribution in [2.45, 2.75) is 20.0 Å². The summed E-state index contributed by atoms with van der Waals surface area (Å²) in [5.74, 6) is 0.816. The topological polar surface area (TPSA) is 41.3 Å². The zero-order chi connectivity index (χ0) is 13.0. The number of nitrogens with zero attached hydrogens (tertiary/aromatic N) is 2. The number of thiocarbonyl (C=S) groups is 1. The molecule has 2 heterocycles. The summed E-state index contributed by atoms with van der Waals surface area (Å²) in [6.45, 7) is 3.29. The van der Waals surface area contributed by atoms with Crippen molar-refractivity contribution in [2.24, 2.45) is 0 Å². The van der Waals surface area contributed by atoms with E-state index in [2.05, 4.69) is 21.9 Å². The number of nitrogens with one attached hydrogen (secondary N) is 1. The highest BCUT2D eigenvalue weighted by Crippen LogP contribution is 2.08. The van der Waals surface area contributed by atoms with Gasteiger partial charge in [0.05, 0.1) is 13.1 Å². The van der Waals surface area contributed by atoms with E-state index in [4.69, 9.17) is 16.7 Å². The largest absolute Gasteiger partial charge is 0.361 e. The quantitative estimate of drug-likeness (QED) is 0.872. The Morgan fingerprint density at radius 3 is 3.06 bits per heavy atom. The fraction of sp³-hybridized carbons (Fsp3) is 0.333. The molecule has 0 aliphatic carbocycles. The first kappa shape index (κ1) is 13.0. The van der Waals surface area contributed by atoms with Crippen molar-refractivity contribution in [1.29, 1.82) is 0 Å². The zero-order valence-corrected chi connectivity index (χ0v) is 12.0. The van der Waals surface area contributed by atoms with E-state index in [-0.39, 0.29) is 0 Å². The number of rotatable bonds is 4. The fourth-order valence-electron chi connectivity index (χ4n) is 1.52. The zero-order valence-electron chi connectivity index (χ0n) is 10.3. The molecule has 96 valence electrons. The van der Waals surface area contributed by atoms with Crippen molar-refractivity contribution >= 4 is 28.7 Å². The van der Waals surface area contributed by atoms with Crippen LogP contribution in [0.25, 0.3) is 0 Å². The molecule has 0 amide bonds. The van der Waals surface area contributed by atoms with E-state index in [0.717, 1.165) is 18.0 Å². The van der Waals surface area contributed by atoms with Crippen LogP contribution in [0.3, 0.4) is 0 Å². The van der Waals surface area contributed by atoms with Gasteiger partial charge in [0.15, 0.2) is 5.11 Å².